The standard InChI is InChI=1S/C12H15NO4S/c1-9-3-2-4-10(7-9)13-12(11(14)15)5-6-18(16,17)8-12/h2-4,7,13H,5-6,8H2,1H3,(H,14,15). The molecule has 5 nitrogen and oxygen atoms in total. The molecule has 1 unspecified atom stereocenters. The molecule has 1 atom stereocenters. The normalized spacial score (nSPS) is 25.8. The number of anilines is 1. The molecule has 6 heteroatoms. The van der Waals surface area contributed by atoms with Gasteiger partial charge in [-0.2, -0.15) is 0 Å². The zero-order valence-corrected chi connectivity index (χ0v) is 10.8. The molecule has 0 saturated carbocycles. The Labute approximate surface area is 106 Å². The molecule has 1 aromatic rings. The number of sulfone groups is 1. The minimum absolute atomic E-state index is 0.0852. The van der Waals surface area contributed by atoms with Crippen molar-refractivity contribution in [2.24, 2.45) is 0 Å². The van der Waals surface area contributed by atoms with E-state index in [-0.39, 0.29) is 17.9 Å². The molecule has 2 rings (SSSR count). The van der Waals surface area contributed by atoms with Crippen molar-refractivity contribution in [1.82, 2.24) is 0 Å². The number of aliphatic carboxylic acids is 1. The lowest BCUT2D eigenvalue weighted by molar-refractivity contribution is -0.141. The van der Waals surface area contributed by atoms with Crippen molar-refractivity contribution in [2.45, 2.75) is 18.9 Å². The van der Waals surface area contributed by atoms with E-state index in [4.69, 9.17) is 0 Å². The Balaban J connectivity index is 2.31. The quantitative estimate of drug-likeness (QED) is 0.857. The second kappa shape index (κ2) is 4.28. The van der Waals surface area contributed by atoms with Gasteiger partial charge in [0.1, 0.15) is 0 Å². The van der Waals surface area contributed by atoms with Gasteiger partial charge in [-0.15, -0.1) is 0 Å². The highest BCUT2D eigenvalue weighted by Crippen LogP contribution is 2.28. The maximum atomic E-state index is 11.5. The topological polar surface area (TPSA) is 83.5 Å². The average molecular weight is 269 g/mol. The summed E-state index contributed by atoms with van der Waals surface area (Å²) in [5, 5.41) is 12.2. The van der Waals surface area contributed by atoms with Crippen molar-refractivity contribution in [3.63, 3.8) is 0 Å². The predicted molar refractivity (Wildman–Crippen MR) is 68.4 cm³/mol. The van der Waals surface area contributed by atoms with Gasteiger partial charge in [-0.1, -0.05) is 12.1 Å². The third kappa shape index (κ3) is 2.48. The third-order valence-electron chi connectivity index (χ3n) is 3.12. The van der Waals surface area contributed by atoms with E-state index in [1.54, 1.807) is 18.2 Å². The molecular weight excluding hydrogens is 254 g/mol. The largest absolute Gasteiger partial charge is 0.479 e. The fourth-order valence-electron chi connectivity index (χ4n) is 2.17. The summed E-state index contributed by atoms with van der Waals surface area (Å²) in [6, 6.07) is 7.24. The van der Waals surface area contributed by atoms with Gasteiger partial charge in [0.2, 0.25) is 0 Å². The van der Waals surface area contributed by atoms with Gasteiger partial charge in [-0.25, -0.2) is 13.2 Å². The molecule has 1 fully saturated rings. The van der Waals surface area contributed by atoms with Gasteiger partial charge in [0.05, 0.1) is 11.5 Å². The van der Waals surface area contributed by atoms with E-state index >= 15 is 0 Å². The molecule has 0 amide bonds. The first-order valence-electron chi connectivity index (χ1n) is 5.62. The van der Waals surface area contributed by atoms with E-state index in [0.717, 1.165) is 5.56 Å². The molecule has 0 spiro atoms. The second-order valence-corrected chi connectivity index (χ2v) is 6.91. The van der Waals surface area contributed by atoms with E-state index in [0.29, 0.717) is 5.69 Å². The Kier molecular flexibility index (Phi) is 3.06. The molecule has 0 aromatic heterocycles. The second-order valence-electron chi connectivity index (χ2n) is 4.72. The summed E-state index contributed by atoms with van der Waals surface area (Å²) in [6.45, 7) is 1.89. The van der Waals surface area contributed by atoms with Crippen LogP contribution in [0.15, 0.2) is 24.3 Å². The Morgan fingerprint density at radius 2 is 2.17 bits per heavy atom. The molecule has 0 radical (unpaired) electrons. The smallest absolute Gasteiger partial charge is 0.330 e. The zero-order chi connectivity index (χ0) is 13.4. The van der Waals surface area contributed by atoms with Crippen molar-refractivity contribution >= 4 is 21.5 Å². The van der Waals surface area contributed by atoms with Crippen LogP contribution in [0.3, 0.4) is 0 Å². The highest BCUT2D eigenvalue weighted by Gasteiger charge is 2.48. The number of carbonyl (C=O) groups is 1. The van der Waals surface area contributed by atoms with Crippen molar-refractivity contribution < 1.29 is 18.3 Å². The van der Waals surface area contributed by atoms with Crippen LogP contribution in [0.5, 0.6) is 0 Å². The van der Waals surface area contributed by atoms with Gasteiger partial charge in [0.15, 0.2) is 15.4 Å². The lowest BCUT2D eigenvalue weighted by Crippen LogP contribution is -2.47. The number of rotatable bonds is 3. The zero-order valence-electron chi connectivity index (χ0n) is 10.0. The average Bonchev–Trinajstić information content (AvgIpc) is 2.55. The Morgan fingerprint density at radius 3 is 2.67 bits per heavy atom. The Hall–Kier alpha value is -1.56. The summed E-state index contributed by atoms with van der Waals surface area (Å²) >= 11 is 0. The molecule has 2 N–H and O–H groups in total. The molecule has 0 bridgehead atoms. The number of hydrogen-bond acceptors (Lipinski definition) is 4. The number of carboxylic acids is 1. The Morgan fingerprint density at radius 1 is 1.44 bits per heavy atom. The van der Waals surface area contributed by atoms with Crippen LogP contribution >= 0.6 is 0 Å². The molecule has 1 heterocycles. The molecule has 1 aliphatic rings. The van der Waals surface area contributed by atoms with Crippen molar-refractivity contribution in [1.29, 1.82) is 0 Å². The van der Waals surface area contributed by atoms with Crippen molar-refractivity contribution in [2.75, 3.05) is 16.8 Å². The molecular formula is C12H15NO4S. The van der Waals surface area contributed by atoms with Crippen LogP contribution in [0, 0.1) is 6.92 Å². The third-order valence-corrected chi connectivity index (χ3v) is 4.88. The van der Waals surface area contributed by atoms with Crippen LogP contribution in [0.25, 0.3) is 0 Å². The van der Waals surface area contributed by atoms with Crippen LogP contribution < -0.4 is 5.32 Å². The molecule has 98 valence electrons. The summed E-state index contributed by atoms with van der Waals surface area (Å²) < 4.78 is 23.0. The van der Waals surface area contributed by atoms with E-state index in [1.165, 1.54) is 0 Å². The van der Waals surface area contributed by atoms with Crippen molar-refractivity contribution in [3.8, 4) is 0 Å². The number of carboxylic acid groups (broad SMARTS) is 1. The summed E-state index contributed by atoms with van der Waals surface area (Å²) in [7, 11) is -3.27. The lowest BCUT2D eigenvalue weighted by Gasteiger charge is -2.25. The Bertz CT molecular complexity index is 581. The van der Waals surface area contributed by atoms with Crippen LogP contribution in [-0.2, 0) is 14.6 Å². The maximum absolute atomic E-state index is 11.5. The van der Waals surface area contributed by atoms with E-state index < -0.39 is 21.3 Å². The first-order chi connectivity index (χ1) is 8.33. The van der Waals surface area contributed by atoms with Crippen molar-refractivity contribution in [3.05, 3.63) is 29.8 Å². The highest BCUT2D eigenvalue weighted by molar-refractivity contribution is 7.91. The van der Waals surface area contributed by atoms with Gasteiger partial charge in [0, 0.05) is 5.69 Å². The molecule has 18 heavy (non-hydrogen) atoms. The summed E-state index contributed by atoms with van der Waals surface area (Å²) in [5.41, 5.74) is 0.225. The van der Waals surface area contributed by atoms with Gasteiger partial charge < -0.3 is 10.4 Å². The highest BCUT2D eigenvalue weighted by atomic mass is 32.2. The number of benzene rings is 1. The van der Waals surface area contributed by atoms with Crippen LogP contribution in [0.4, 0.5) is 5.69 Å². The number of hydrogen-bond donors (Lipinski definition) is 2. The molecule has 1 aliphatic heterocycles. The summed E-state index contributed by atoms with van der Waals surface area (Å²) in [6.07, 6.45) is 0.0958. The van der Waals surface area contributed by atoms with Crippen LogP contribution in [-0.4, -0.2) is 36.5 Å². The van der Waals surface area contributed by atoms with E-state index in [2.05, 4.69) is 5.32 Å². The summed E-state index contributed by atoms with van der Waals surface area (Å²) in [4.78, 5) is 11.4. The molecule has 1 aromatic carbocycles. The van der Waals surface area contributed by atoms with Gasteiger partial charge in [-0.05, 0) is 31.0 Å². The van der Waals surface area contributed by atoms with Gasteiger partial charge in [-0.3, -0.25) is 0 Å². The lowest BCUT2D eigenvalue weighted by atomic mass is 9.98. The van der Waals surface area contributed by atoms with Gasteiger partial charge >= 0.3 is 5.97 Å². The van der Waals surface area contributed by atoms with Crippen LogP contribution in [0.2, 0.25) is 0 Å². The van der Waals surface area contributed by atoms with E-state index in [1.807, 2.05) is 13.0 Å². The first-order valence-corrected chi connectivity index (χ1v) is 7.44. The first kappa shape index (κ1) is 12.9. The fraction of sp³-hybridized carbons (Fsp3) is 0.417. The van der Waals surface area contributed by atoms with Gasteiger partial charge in [0.25, 0.3) is 0 Å². The maximum Gasteiger partial charge on any atom is 0.330 e. The summed E-state index contributed by atoms with van der Waals surface area (Å²) in [5.74, 6) is -1.56. The fourth-order valence-corrected chi connectivity index (χ4v) is 4.06. The number of nitrogens with one attached hydrogen (secondary N) is 1. The molecule has 0 aliphatic carbocycles. The number of aryl methyl sites for hydroxylation is 1. The predicted octanol–water partition coefficient (Wildman–Crippen LogP) is 1.05. The van der Waals surface area contributed by atoms with Crippen LogP contribution in [0.1, 0.15) is 12.0 Å². The monoisotopic (exact) mass is 269 g/mol. The molecule has 1 saturated heterocycles. The minimum atomic E-state index is -3.27. The minimum Gasteiger partial charge on any atom is -0.479 e. The SMILES string of the molecule is Cc1cccc(NC2(C(=O)O)CCS(=O)(=O)C2)c1. The van der Waals surface area contributed by atoms with E-state index in [9.17, 15) is 18.3 Å².